The number of carbonyl (C=O) groups excluding carboxylic acids is 1. The summed E-state index contributed by atoms with van der Waals surface area (Å²) in [6.45, 7) is 9.52. The van der Waals surface area contributed by atoms with Crippen molar-refractivity contribution < 1.29 is 4.79 Å². The summed E-state index contributed by atoms with van der Waals surface area (Å²) in [5.41, 5.74) is 0. The Balaban J connectivity index is 1.98. The molecule has 1 unspecified atom stereocenters. The number of carbonyl (C=O) groups is 1. The highest BCUT2D eigenvalue weighted by molar-refractivity contribution is 5.81. The van der Waals surface area contributed by atoms with E-state index in [9.17, 15) is 4.79 Å². The van der Waals surface area contributed by atoms with E-state index in [2.05, 4.69) is 29.0 Å². The Morgan fingerprint density at radius 3 is 2.38 bits per heavy atom. The SMILES string of the molecule is CCCN(C1CCNCC1)C(C)C(=O)N1CCCCCC1. The topological polar surface area (TPSA) is 35.6 Å². The van der Waals surface area contributed by atoms with Crippen LogP contribution in [0.3, 0.4) is 0 Å². The van der Waals surface area contributed by atoms with Gasteiger partial charge in [-0.05, 0) is 58.7 Å². The van der Waals surface area contributed by atoms with Crippen LogP contribution in [0.15, 0.2) is 0 Å². The Bertz CT molecular complexity index is 307. The molecule has 0 bridgehead atoms. The second kappa shape index (κ2) is 8.74. The normalized spacial score (nSPS) is 23.1. The van der Waals surface area contributed by atoms with Gasteiger partial charge in [0.1, 0.15) is 0 Å². The number of amides is 1. The second-order valence-corrected chi connectivity index (χ2v) is 6.63. The number of nitrogens with one attached hydrogen (secondary N) is 1. The lowest BCUT2D eigenvalue weighted by molar-refractivity contribution is -0.137. The van der Waals surface area contributed by atoms with Gasteiger partial charge in [0, 0.05) is 19.1 Å². The lowest BCUT2D eigenvalue weighted by Crippen LogP contribution is -2.53. The van der Waals surface area contributed by atoms with Crippen molar-refractivity contribution in [1.82, 2.24) is 15.1 Å². The van der Waals surface area contributed by atoms with E-state index in [1.807, 2.05) is 0 Å². The van der Waals surface area contributed by atoms with Gasteiger partial charge in [0.2, 0.25) is 5.91 Å². The van der Waals surface area contributed by atoms with Crippen molar-refractivity contribution in [3.05, 3.63) is 0 Å². The largest absolute Gasteiger partial charge is 0.341 e. The molecule has 122 valence electrons. The van der Waals surface area contributed by atoms with Gasteiger partial charge in [0.05, 0.1) is 6.04 Å². The van der Waals surface area contributed by atoms with Gasteiger partial charge in [-0.15, -0.1) is 0 Å². The van der Waals surface area contributed by atoms with Crippen LogP contribution in [0.2, 0.25) is 0 Å². The zero-order chi connectivity index (χ0) is 15.1. The molecule has 1 atom stereocenters. The summed E-state index contributed by atoms with van der Waals surface area (Å²) in [6.07, 6.45) is 8.41. The van der Waals surface area contributed by atoms with E-state index in [0.29, 0.717) is 11.9 Å². The highest BCUT2D eigenvalue weighted by Crippen LogP contribution is 2.19. The van der Waals surface area contributed by atoms with Crippen molar-refractivity contribution in [1.29, 1.82) is 0 Å². The highest BCUT2D eigenvalue weighted by Gasteiger charge is 2.31. The predicted molar refractivity (Wildman–Crippen MR) is 87.4 cm³/mol. The zero-order valence-electron chi connectivity index (χ0n) is 13.9. The minimum absolute atomic E-state index is 0.0474. The van der Waals surface area contributed by atoms with Crippen molar-refractivity contribution in [2.45, 2.75) is 70.9 Å². The molecule has 2 aliphatic heterocycles. The summed E-state index contributed by atoms with van der Waals surface area (Å²) in [4.78, 5) is 17.5. The number of likely N-dealkylation sites (tertiary alicyclic amines) is 1. The van der Waals surface area contributed by atoms with E-state index in [-0.39, 0.29) is 6.04 Å². The molecule has 0 aliphatic carbocycles. The van der Waals surface area contributed by atoms with E-state index in [1.165, 1.54) is 38.5 Å². The predicted octanol–water partition coefficient (Wildman–Crippen LogP) is 2.24. The van der Waals surface area contributed by atoms with E-state index in [0.717, 1.165) is 39.1 Å². The lowest BCUT2D eigenvalue weighted by atomic mass is 10.0. The Morgan fingerprint density at radius 1 is 1.19 bits per heavy atom. The maximum Gasteiger partial charge on any atom is 0.239 e. The molecule has 2 heterocycles. The first-order valence-corrected chi connectivity index (χ1v) is 8.99. The second-order valence-electron chi connectivity index (χ2n) is 6.63. The number of piperidine rings is 1. The molecule has 1 amide bonds. The van der Waals surface area contributed by atoms with E-state index >= 15 is 0 Å². The molecule has 1 N–H and O–H groups in total. The lowest BCUT2D eigenvalue weighted by Gasteiger charge is -2.39. The summed E-state index contributed by atoms with van der Waals surface area (Å²) in [5, 5.41) is 3.43. The van der Waals surface area contributed by atoms with Crippen molar-refractivity contribution in [2.24, 2.45) is 0 Å². The Morgan fingerprint density at radius 2 is 1.81 bits per heavy atom. The highest BCUT2D eigenvalue weighted by atomic mass is 16.2. The molecule has 0 aromatic carbocycles. The molecule has 21 heavy (non-hydrogen) atoms. The smallest absolute Gasteiger partial charge is 0.239 e. The fourth-order valence-electron chi connectivity index (χ4n) is 3.79. The molecule has 4 nitrogen and oxygen atoms in total. The van der Waals surface area contributed by atoms with Crippen LogP contribution in [0.5, 0.6) is 0 Å². The fraction of sp³-hybridized carbons (Fsp3) is 0.941. The minimum atomic E-state index is 0.0474. The van der Waals surface area contributed by atoms with Gasteiger partial charge in [0.25, 0.3) is 0 Å². The van der Waals surface area contributed by atoms with Crippen LogP contribution in [0.4, 0.5) is 0 Å². The molecular weight excluding hydrogens is 262 g/mol. The standard InChI is InChI=1S/C17H33N3O/c1-3-12-20(16-8-10-18-11-9-16)15(2)17(21)19-13-6-4-5-7-14-19/h15-16,18H,3-14H2,1-2H3. The molecule has 2 saturated heterocycles. The molecule has 0 aromatic rings. The Kier molecular flexibility index (Phi) is 6.97. The summed E-state index contributed by atoms with van der Waals surface area (Å²) in [6, 6.07) is 0.628. The van der Waals surface area contributed by atoms with Crippen molar-refractivity contribution >= 4 is 5.91 Å². The molecule has 0 radical (unpaired) electrons. The summed E-state index contributed by atoms with van der Waals surface area (Å²) in [5.74, 6) is 0.365. The molecule has 0 saturated carbocycles. The van der Waals surface area contributed by atoms with Gasteiger partial charge in [0.15, 0.2) is 0 Å². The van der Waals surface area contributed by atoms with Crippen molar-refractivity contribution in [3.63, 3.8) is 0 Å². The van der Waals surface area contributed by atoms with Gasteiger partial charge in [-0.2, -0.15) is 0 Å². The molecule has 0 aromatic heterocycles. The van der Waals surface area contributed by atoms with Crippen LogP contribution in [-0.4, -0.2) is 60.5 Å². The minimum Gasteiger partial charge on any atom is -0.341 e. The molecule has 2 aliphatic rings. The number of nitrogens with zero attached hydrogens (tertiary/aromatic N) is 2. The maximum atomic E-state index is 12.9. The fourth-order valence-corrected chi connectivity index (χ4v) is 3.79. The van der Waals surface area contributed by atoms with Crippen LogP contribution in [0, 0.1) is 0 Å². The Hall–Kier alpha value is -0.610. The third kappa shape index (κ3) is 4.68. The van der Waals surface area contributed by atoms with Crippen molar-refractivity contribution in [2.75, 3.05) is 32.7 Å². The first-order chi connectivity index (χ1) is 10.2. The number of rotatable bonds is 5. The quantitative estimate of drug-likeness (QED) is 0.845. The van der Waals surface area contributed by atoms with Crippen molar-refractivity contribution in [3.8, 4) is 0 Å². The Labute approximate surface area is 130 Å². The third-order valence-corrected chi connectivity index (χ3v) is 5.03. The number of hydrogen-bond donors (Lipinski definition) is 1. The maximum absolute atomic E-state index is 12.9. The van der Waals surface area contributed by atoms with Crippen LogP contribution in [-0.2, 0) is 4.79 Å². The zero-order valence-corrected chi connectivity index (χ0v) is 13.9. The van der Waals surface area contributed by atoms with Gasteiger partial charge in [-0.25, -0.2) is 0 Å². The van der Waals surface area contributed by atoms with Crippen LogP contribution >= 0.6 is 0 Å². The first-order valence-electron chi connectivity index (χ1n) is 8.99. The van der Waals surface area contributed by atoms with E-state index < -0.39 is 0 Å². The molecule has 2 fully saturated rings. The van der Waals surface area contributed by atoms with Gasteiger partial charge < -0.3 is 10.2 Å². The summed E-state index contributed by atoms with van der Waals surface area (Å²) < 4.78 is 0. The van der Waals surface area contributed by atoms with E-state index in [1.54, 1.807) is 0 Å². The first kappa shape index (κ1) is 16.8. The monoisotopic (exact) mass is 295 g/mol. The van der Waals surface area contributed by atoms with Crippen LogP contribution in [0.1, 0.15) is 58.8 Å². The van der Waals surface area contributed by atoms with Gasteiger partial charge in [-0.1, -0.05) is 19.8 Å². The van der Waals surface area contributed by atoms with Gasteiger partial charge >= 0.3 is 0 Å². The van der Waals surface area contributed by atoms with Crippen LogP contribution in [0.25, 0.3) is 0 Å². The summed E-state index contributed by atoms with van der Waals surface area (Å²) in [7, 11) is 0. The third-order valence-electron chi connectivity index (χ3n) is 5.03. The molecular formula is C17H33N3O. The molecule has 4 heteroatoms. The average molecular weight is 295 g/mol. The number of hydrogen-bond acceptors (Lipinski definition) is 3. The average Bonchev–Trinajstić information content (AvgIpc) is 2.81. The van der Waals surface area contributed by atoms with Gasteiger partial charge in [-0.3, -0.25) is 9.69 Å². The summed E-state index contributed by atoms with van der Waals surface area (Å²) >= 11 is 0. The molecule has 2 rings (SSSR count). The molecule has 0 spiro atoms. The van der Waals surface area contributed by atoms with E-state index in [4.69, 9.17) is 0 Å². The van der Waals surface area contributed by atoms with Crippen LogP contribution < -0.4 is 5.32 Å².